The van der Waals surface area contributed by atoms with Crippen molar-refractivity contribution >= 4 is 5.78 Å². The zero-order valence-corrected chi connectivity index (χ0v) is 12.6. The number of nitrogens with one attached hydrogen (secondary N) is 1. The number of hydrogen-bond acceptors (Lipinski definition) is 3. The molecule has 1 aliphatic carbocycles. The molecule has 3 atom stereocenters. The summed E-state index contributed by atoms with van der Waals surface area (Å²) >= 11 is 0. The average Bonchev–Trinajstić information content (AvgIpc) is 2.85. The van der Waals surface area contributed by atoms with E-state index in [0.29, 0.717) is 23.8 Å². The highest BCUT2D eigenvalue weighted by Crippen LogP contribution is 2.36. The molecule has 2 fully saturated rings. The SMILES string of the molecule is O=C(CC1CC2CCC(C1)N2)C1CCCc2cccnc21. The van der Waals surface area contributed by atoms with Crippen molar-refractivity contribution in [3.05, 3.63) is 29.6 Å². The molecule has 1 N–H and O–H groups in total. The minimum atomic E-state index is 0.0717. The number of piperidine rings is 1. The minimum absolute atomic E-state index is 0.0717. The molecule has 0 spiro atoms. The van der Waals surface area contributed by atoms with Crippen LogP contribution in [0.3, 0.4) is 0 Å². The molecule has 2 aliphatic heterocycles. The van der Waals surface area contributed by atoms with Gasteiger partial charge in [0, 0.05) is 24.7 Å². The van der Waals surface area contributed by atoms with Crippen LogP contribution in [-0.4, -0.2) is 22.9 Å². The van der Waals surface area contributed by atoms with Crippen molar-refractivity contribution in [2.45, 2.75) is 69.4 Å². The van der Waals surface area contributed by atoms with Gasteiger partial charge in [-0.3, -0.25) is 9.78 Å². The first kappa shape index (κ1) is 13.4. The van der Waals surface area contributed by atoms with Crippen molar-refractivity contribution in [2.24, 2.45) is 5.92 Å². The number of aromatic nitrogens is 1. The van der Waals surface area contributed by atoms with Crippen molar-refractivity contribution in [1.82, 2.24) is 10.3 Å². The number of ketones is 1. The lowest BCUT2D eigenvalue weighted by atomic mass is 9.79. The number of aryl methyl sites for hydroxylation is 1. The second-order valence-corrected chi connectivity index (χ2v) is 7.14. The van der Waals surface area contributed by atoms with E-state index in [-0.39, 0.29) is 5.92 Å². The monoisotopic (exact) mass is 284 g/mol. The lowest BCUT2D eigenvalue weighted by Gasteiger charge is -2.30. The molecule has 0 radical (unpaired) electrons. The third kappa shape index (κ3) is 2.64. The number of carbonyl (C=O) groups is 1. The summed E-state index contributed by atoms with van der Waals surface area (Å²) in [7, 11) is 0. The summed E-state index contributed by atoms with van der Waals surface area (Å²) in [4.78, 5) is 17.3. The van der Waals surface area contributed by atoms with Gasteiger partial charge in [-0.1, -0.05) is 6.07 Å². The summed E-state index contributed by atoms with van der Waals surface area (Å²) in [5.41, 5.74) is 2.37. The van der Waals surface area contributed by atoms with Crippen LogP contribution in [0.15, 0.2) is 18.3 Å². The Labute approximate surface area is 126 Å². The summed E-state index contributed by atoms with van der Waals surface area (Å²) in [6.07, 6.45) is 10.8. The fraction of sp³-hybridized carbons (Fsp3) is 0.667. The van der Waals surface area contributed by atoms with Gasteiger partial charge < -0.3 is 5.32 Å². The number of hydrogen-bond donors (Lipinski definition) is 1. The third-order valence-electron chi connectivity index (χ3n) is 5.64. The quantitative estimate of drug-likeness (QED) is 0.928. The molecule has 0 saturated carbocycles. The van der Waals surface area contributed by atoms with E-state index in [1.165, 1.54) is 31.2 Å². The Kier molecular flexibility index (Phi) is 3.54. The Morgan fingerprint density at radius 2 is 2.05 bits per heavy atom. The molecule has 112 valence electrons. The number of rotatable bonds is 3. The Hall–Kier alpha value is -1.22. The van der Waals surface area contributed by atoms with Crippen molar-refractivity contribution in [3.8, 4) is 0 Å². The van der Waals surface area contributed by atoms with E-state index in [0.717, 1.165) is 31.4 Å². The predicted molar refractivity (Wildman–Crippen MR) is 82.2 cm³/mol. The average molecular weight is 284 g/mol. The smallest absolute Gasteiger partial charge is 0.142 e. The van der Waals surface area contributed by atoms with Crippen LogP contribution in [0.5, 0.6) is 0 Å². The Morgan fingerprint density at radius 3 is 2.86 bits per heavy atom. The van der Waals surface area contributed by atoms with Crippen LogP contribution in [0.1, 0.15) is 62.1 Å². The first-order valence-electron chi connectivity index (χ1n) is 8.52. The molecule has 3 unspecified atom stereocenters. The third-order valence-corrected chi connectivity index (χ3v) is 5.64. The van der Waals surface area contributed by atoms with Gasteiger partial charge in [0.1, 0.15) is 5.78 Å². The highest BCUT2D eigenvalue weighted by molar-refractivity contribution is 5.86. The maximum atomic E-state index is 12.8. The molecular weight excluding hydrogens is 260 g/mol. The minimum Gasteiger partial charge on any atom is -0.311 e. The van der Waals surface area contributed by atoms with Crippen molar-refractivity contribution in [3.63, 3.8) is 0 Å². The van der Waals surface area contributed by atoms with Gasteiger partial charge in [0.25, 0.3) is 0 Å². The molecule has 0 aromatic carbocycles. The molecule has 3 nitrogen and oxygen atoms in total. The van der Waals surface area contributed by atoms with Gasteiger partial charge in [-0.2, -0.15) is 0 Å². The molecule has 4 rings (SSSR count). The van der Waals surface area contributed by atoms with E-state index >= 15 is 0 Å². The van der Waals surface area contributed by atoms with E-state index in [1.807, 2.05) is 12.3 Å². The summed E-state index contributed by atoms with van der Waals surface area (Å²) in [5, 5.41) is 3.67. The molecule has 3 heteroatoms. The van der Waals surface area contributed by atoms with Crippen LogP contribution in [0.25, 0.3) is 0 Å². The lowest BCUT2D eigenvalue weighted by Crippen LogP contribution is -2.39. The van der Waals surface area contributed by atoms with Gasteiger partial charge in [-0.15, -0.1) is 0 Å². The molecule has 2 bridgehead atoms. The number of pyridine rings is 1. The Bertz CT molecular complexity index is 530. The van der Waals surface area contributed by atoms with Gasteiger partial charge in [0.05, 0.1) is 11.6 Å². The van der Waals surface area contributed by atoms with E-state index < -0.39 is 0 Å². The summed E-state index contributed by atoms with van der Waals surface area (Å²) in [5.74, 6) is 1.12. The lowest BCUT2D eigenvalue weighted by molar-refractivity contribution is -0.122. The number of Topliss-reactive ketones (excluding diaryl/α,β-unsaturated/α-hetero) is 1. The van der Waals surface area contributed by atoms with Crippen LogP contribution >= 0.6 is 0 Å². The molecule has 1 aromatic heterocycles. The molecule has 1 aromatic rings. The number of fused-ring (bicyclic) bond motifs is 3. The molecule has 3 heterocycles. The fourth-order valence-electron chi connectivity index (χ4n) is 4.69. The van der Waals surface area contributed by atoms with Crippen molar-refractivity contribution < 1.29 is 4.79 Å². The molecule has 21 heavy (non-hydrogen) atoms. The Morgan fingerprint density at radius 1 is 1.24 bits per heavy atom. The van der Waals surface area contributed by atoms with Crippen LogP contribution in [-0.2, 0) is 11.2 Å². The molecule has 0 amide bonds. The highest BCUT2D eigenvalue weighted by Gasteiger charge is 2.36. The van der Waals surface area contributed by atoms with Crippen LogP contribution < -0.4 is 5.32 Å². The normalized spacial score (nSPS) is 34.5. The van der Waals surface area contributed by atoms with Crippen molar-refractivity contribution in [2.75, 3.05) is 0 Å². The first-order chi connectivity index (χ1) is 10.3. The van der Waals surface area contributed by atoms with Gasteiger partial charge in [-0.25, -0.2) is 0 Å². The number of carbonyl (C=O) groups excluding carboxylic acids is 1. The topological polar surface area (TPSA) is 42.0 Å². The van der Waals surface area contributed by atoms with Crippen LogP contribution in [0, 0.1) is 5.92 Å². The second kappa shape index (κ2) is 5.53. The molecular formula is C18H24N2O. The van der Waals surface area contributed by atoms with Crippen LogP contribution in [0.2, 0.25) is 0 Å². The van der Waals surface area contributed by atoms with Crippen LogP contribution in [0.4, 0.5) is 0 Å². The predicted octanol–water partition coefficient (Wildman–Crippen LogP) is 2.99. The van der Waals surface area contributed by atoms with E-state index in [4.69, 9.17) is 0 Å². The van der Waals surface area contributed by atoms with Gasteiger partial charge >= 0.3 is 0 Å². The zero-order valence-electron chi connectivity index (χ0n) is 12.6. The second-order valence-electron chi connectivity index (χ2n) is 7.14. The zero-order chi connectivity index (χ0) is 14.2. The van der Waals surface area contributed by atoms with Crippen molar-refractivity contribution in [1.29, 1.82) is 0 Å². The van der Waals surface area contributed by atoms with Gasteiger partial charge in [0.15, 0.2) is 0 Å². The van der Waals surface area contributed by atoms with Gasteiger partial charge in [0.2, 0.25) is 0 Å². The van der Waals surface area contributed by atoms with E-state index in [2.05, 4.69) is 16.4 Å². The largest absolute Gasteiger partial charge is 0.311 e. The maximum absolute atomic E-state index is 12.8. The summed E-state index contributed by atoms with van der Waals surface area (Å²) < 4.78 is 0. The first-order valence-corrected chi connectivity index (χ1v) is 8.52. The molecule has 3 aliphatic rings. The van der Waals surface area contributed by atoms with E-state index in [1.54, 1.807) is 0 Å². The number of nitrogens with zero attached hydrogens (tertiary/aromatic N) is 1. The standard InChI is InChI=1S/C18H24N2O/c21-17(11-12-9-14-6-7-15(10-12)20-14)16-5-1-3-13-4-2-8-19-18(13)16/h2,4,8,12,14-16,20H,1,3,5-7,9-11H2. The van der Waals surface area contributed by atoms with E-state index in [9.17, 15) is 4.79 Å². The summed E-state index contributed by atoms with van der Waals surface area (Å²) in [6.45, 7) is 0. The maximum Gasteiger partial charge on any atom is 0.142 e. The molecule has 2 saturated heterocycles. The summed E-state index contributed by atoms with van der Waals surface area (Å²) in [6, 6.07) is 5.50. The highest BCUT2D eigenvalue weighted by atomic mass is 16.1. The Balaban J connectivity index is 1.46. The fourth-order valence-corrected chi connectivity index (χ4v) is 4.69. The van der Waals surface area contributed by atoms with Gasteiger partial charge in [-0.05, 0) is 62.5 Å².